The molecule has 3 heterocycles. The SMILES string of the molecule is C=C/C(Cl)=C\C.CC.CC.CC1CCCN(C2c3ccc(Cl)cc3CCc3cc(Br)cnc32)C1.O=CNCc1cccnc1. The minimum absolute atomic E-state index is 0.255. The number of allylic oxidation sites excluding steroid dienone is 3. The fourth-order valence-electron chi connectivity index (χ4n) is 5.02. The average molecular weight is 705 g/mol. The molecular weight excluding hydrogens is 655 g/mol. The Balaban J connectivity index is 0.000000401. The van der Waals surface area contributed by atoms with Crippen molar-refractivity contribution in [3.63, 3.8) is 0 Å². The van der Waals surface area contributed by atoms with Gasteiger partial charge in [0, 0.05) is 46.2 Å². The molecule has 0 saturated carbocycles. The lowest BCUT2D eigenvalue weighted by atomic mass is 9.92. The number of nitrogens with one attached hydrogen (secondary N) is 1. The second-order valence-corrected chi connectivity index (χ2v) is 11.7. The number of carbonyl (C=O) groups is 1. The number of carbonyl (C=O) groups excluding carboxylic acids is 1. The summed E-state index contributed by atoms with van der Waals surface area (Å²) >= 11 is 15.3. The maximum absolute atomic E-state index is 9.85. The van der Waals surface area contributed by atoms with Crippen molar-refractivity contribution in [2.24, 2.45) is 5.92 Å². The van der Waals surface area contributed by atoms with Gasteiger partial charge in [0.1, 0.15) is 0 Å². The molecule has 5 nitrogen and oxygen atoms in total. The molecule has 3 aromatic rings. The third-order valence-electron chi connectivity index (χ3n) is 6.93. The molecule has 1 N–H and O–H groups in total. The number of likely N-dealkylation sites (tertiary alicyclic amines) is 1. The van der Waals surface area contributed by atoms with E-state index in [0.717, 1.165) is 46.9 Å². The number of piperidine rings is 1. The molecule has 1 aromatic carbocycles. The van der Waals surface area contributed by atoms with Crippen LogP contribution in [0.1, 0.15) is 88.4 Å². The first kappa shape index (κ1) is 39.5. The summed E-state index contributed by atoms with van der Waals surface area (Å²) < 4.78 is 1.07. The summed E-state index contributed by atoms with van der Waals surface area (Å²) in [5.41, 5.74) is 6.37. The van der Waals surface area contributed by atoms with Gasteiger partial charge in [-0.2, -0.15) is 0 Å². The number of rotatable bonds is 5. The van der Waals surface area contributed by atoms with E-state index in [1.54, 1.807) is 24.5 Å². The molecular formula is C36H49BrCl2N4O. The molecule has 1 amide bonds. The molecule has 2 atom stereocenters. The lowest BCUT2D eigenvalue weighted by Gasteiger charge is -2.38. The van der Waals surface area contributed by atoms with Gasteiger partial charge in [0.05, 0.1) is 11.7 Å². The summed E-state index contributed by atoms with van der Waals surface area (Å²) in [7, 11) is 0. The van der Waals surface area contributed by atoms with Gasteiger partial charge in [0.2, 0.25) is 6.41 Å². The molecule has 2 aromatic heterocycles. The molecule has 1 aliphatic heterocycles. The van der Waals surface area contributed by atoms with Crippen LogP contribution in [0.2, 0.25) is 5.02 Å². The predicted molar refractivity (Wildman–Crippen MR) is 192 cm³/mol. The molecule has 8 heteroatoms. The van der Waals surface area contributed by atoms with Crippen molar-refractivity contribution in [1.29, 1.82) is 0 Å². The van der Waals surface area contributed by atoms with Crippen molar-refractivity contribution >= 4 is 45.5 Å². The van der Waals surface area contributed by atoms with Crippen molar-refractivity contribution < 1.29 is 4.79 Å². The smallest absolute Gasteiger partial charge is 0.207 e. The third kappa shape index (κ3) is 13.2. The van der Waals surface area contributed by atoms with Gasteiger partial charge in [-0.25, -0.2) is 0 Å². The van der Waals surface area contributed by atoms with Crippen LogP contribution < -0.4 is 5.32 Å². The zero-order valence-electron chi connectivity index (χ0n) is 27.1. The Hall–Kier alpha value is -2.51. The van der Waals surface area contributed by atoms with E-state index in [0.29, 0.717) is 18.0 Å². The number of aromatic nitrogens is 2. The molecule has 1 fully saturated rings. The Morgan fingerprint density at radius 2 is 1.86 bits per heavy atom. The second kappa shape index (κ2) is 22.9. The molecule has 0 radical (unpaired) electrons. The van der Waals surface area contributed by atoms with Gasteiger partial charge in [-0.3, -0.25) is 19.7 Å². The van der Waals surface area contributed by atoms with Gasteiger partial charge in [-0.05, 0) is 108 Å². The highest BCUT2D eigenvalue weighted by molar-refractivity contribution is 9.10. The molecule has 44 heavy (non-hydrogen) atoms. The fraction of sp³-hybridized carbons (Fsp3) is 0.417. The Morgan fingerprint density at radius 1 is 1.14 bits per heavy atom. The van der Waals surface area contributed by atoms with Crippen LogP contribution in [0.4, 0.5) is 0 Å². The first-order valence-corrected chi connectivity index (χ1v) is 17.1. The number of hydrogen-bond donors (Lipinski definition) is 1. The lowest BCUT2D eigenvalue weighted by Crippen LogP contribution is -2.38. The molecule has 240 valence electrons. The molecule has 5 rings (SSSR count). The Bertz CT molecular complexity index is 1230. The number of halogens is 3. The zero-order chi connectivity index (χ0) is 32.9. The number of pyridine rings is 2. The topological polar surface area (TPSA) is 58.1 Å². The van der Waals surface area contributed by atoms with Crippen molar-refractivity contribution in [2.45, 2.75) is 79.8 Å². The zero-order valence-corrected chi connectivity index (χ0v) is 30.2. The first-order valence-electron chi connectivity index (χ1n) is 15.5. The highest BCUT2D eigenvalue weighted by atomic mass is 79.9. The number of hydrogen-bond acceptors (Lipinski definition) is 4. The number of amides is 1. The van der Waals surface area contributed by atoms with Crippen LogP contribution in [0.3, 0.4) is 0 Å². The second-order valence-electron chi connectivity index (χ2n) is 9.92. The van der Waals surface area contributed by atoms with Crippen molar-refractivity contribution in [1.82, 2.24) is 20.2 Å². The normalized spacial score (nSPS) is 17.0. The van der Waals surface area contributed by atoms with Gasteiger partial charge in [0.15, 0.2) is 0 Å². The predicted octanol–water partition coefficient (Wildman–Crippen LogP) is 10.1. The number of fused-ring (bicyclic) bond motifs is 2. The molecule has 0 spiro atoms. The van der Waals surface area contributed by atoms with Crippen LogP contribution >= 0.6 is 39.1 Å². The van der Waals surface area contributed by atoms with Gasteiger partial charge in [-0.15, -0.1) is 0 Å². The number of aryl methyl sites for hydroxylation is 2. The van der Waals surface area contributed by atoms with Crippen LogP contribution in [-0.2, 0) is 24.2 Å². The van der Waals surface area contributed by atoms with E-state index in [4.69, 9.17) is 28.2 Å². The summed E-state index contributed by atoms with van der Waals surface area (Å²) in [5.74, 6) is 0.747. The standard InChI is InChI=1S/C20H22BrClN2.C7H8N2O.C5H7Cl.2C2H6/c1-13-3-2-8-24(12-13)20-18-7-6-17(22)10-14(18)4-5-15-9-16(21)11-23-19(15)20;10-6-9-5-7-2-1-3-8-4-7;1-3-5(6)4-2;2*1-2/h6-7,9-11,13,20H,2-5,8,12H2,1H3;1-4,6H,5H2,(H,9,10);3-4H,1H2,2H3;2*1-2H3/b;;5-4+;;. The van der Waals surface area contributed by atoms with Crippen molar-refractivity contribution in [3.05, 3.63) is 116 Å². The van der Waals surface area contributed by atoms with Crippen molar-refractivity contribution in [3.8, 4) is 0 Å². The van der Waals surface area contributed by atoms with E-state index in [-0.39, 0.29) is 6.04 Å². The Morgan fingerprint density at radius 3 is 2.45 bits per heavy atom. The van der Waals surface area contributed by atoms with E-state index in [1.807, 2.05) is 59.0 Å². The quantitative estimate of drug-likeness (QED) is 0.212. The van der Waals surface area contributed by atoms with Gasteiger partial charge in [0.25, 0.3) is 0 Å². The summed E-state index contributed by atoms with van der Waals surface area (Å²) in [5, 5.41) is 4.08. The van der Waals surface area contributed by atoms with E-state index < -0.39 is 0 Å². The monoisotopic (exact) mass is 702 g/mol. The van der Waals surface area contributed by atoms with Crippen LogP contribution in [0.5, 0.6) is 0 Å². The van der Waals surface area contributed by atoms with E-state index in [9.17, 15) is 4.79 Å². The van der Waals surface area contributed by atoms with Gasteiger partial charge < -0.3 is 5.32 Å². The largest absolute Gasteiger partial charge is 0.355 e. The third-order valence-corrected chi connectivity index (χ3v) is 7.97. The molecule has 2 aliphatic rings. The Labute approximate surface area is 284 Å². The van der Waals surface area contributed by atoms with Crippen LogP contribution in [0.25, 0.3) is 0 Å². The van der Waals surface area contributed by atoms with Gasteiger partial charge in [-0.1, -0.05) is 88.7 Å². The minimum atomic E-state index is 0.255. The van der Waals surface area contributed by atoms with Crippen LogP contribution in [0, 0.1) is 5.92 Å². The number of nitrogens with zero attached hydrogens (tertiary/aromatic N) is 3. The maximum Gasteiger partial charge on any atom is 0.207 e. The number of benzene rings is 1. The lowest BCUT2D eigenvalue weighted by molar-refractivity contribution is -0.109. The molecule has 1 saturated heterocycles. The maximum atomic E-state index is 9.85. The highest BCUT2D eigenvalue weighted by Crippen LogP contribution is 2.39. The van der Waals surface area contributed by atoms with Crippen molar-refractivity contribution in [2.75, 3.05) is 13.1 Å². The molecule has 2 unspecified atom stereocenters. The molecule has 0 bridgehead atoms. The first-order chi connectivity index (χ1) is 21.4. The minimum Gasteiger partial charge on any atom is -0.355 e. The highest BCUT2D eigenvalue weighted by Gasteiger charge is 2.32. The summed E-state index contributed by atoms with van der Waals surface area (Å²) in [4.78, 5) is 21.2. The van der Waals surface area contributed by atoms with Crippen LogP contribution in [-0.4, -0.2) is 34.4 Å². The average Bonchev–Trinajstić information content (AvgIpc) is 3.22. The summed E-state index contributed by atoms with van der Waals surface area (Å²) in [6.45, 7) is 18.5. The molecule has 1 aliphatic carbocycles. The fourth-order valence-corrected chi connectivity index (χ4v) is 5.60. The summed E-state index contributed by atoms with van der Waals surface area (Å²) in [6.07, 6.45) is 14.1. The summed E-state index contributed by atoms with van der Waals surface area (Å²) in [6, 6.07) is 12.6. The van der Waals surface area contributed by atoms with E-state index in [2.05, 4.69) is 62.8 Å². The van der Waals surface area contributed by atoms with E-state index in [1.165, 1.54) is 35.2 Å². The van der Waals surface area contributed by atoms with Gasteiger partial charge >= 0.3 is 0 Å². The Kier molecular flexibility index (Phi) is 20.6. The van der Waals surface area contributed by atoms with E-state index >= 15 is 0 Å². The van der Waals surface area contributed by atoms with Crippen LogP contribution in [0.15, 0.2) is 83.2 Å².